The van der Waals surface area contributed by atoms with Gasteiger partial charge in [-0.1, -0.05) is 34.8 Å². The maximum atomic E-state index is 13.4. The number of hydrogen-bond donors (Lipinski definition) is 1. The zero-order chi connectivity index (χ0) is 14.3. The molecule has 0 bridgehead atoms. The molecule has 1 N–H and O–H groups in total. The molecule has 0 atom stereocenters. The van der Waals surface area contributed by atoms with Gasteiger partial charge in [0.1, 0.15) is 16.8 Å². The third-order valence-electron chi connectivity index (χ3n) is 2.91. The molecule has 3 nitrogen and oxygen atoms in total. The van der Waals surface area contributed by atoms with E-state index >= 15 is 0 Å². The molecular weight excluding hydrogens is 324 g/mol. The van der Waals surface area contributed by atoms with Crippen molar-refractivity contribution in [1.29, 1.82) is 0 Å². The highest BCUT2D eigenvalue weighted by molar-refractivity contribution is 6.35. The average Bonchev–Trinajstić information content (AvgIpc) is 3.19. The Hall–Kier alpha value is -1.10. The Labute approximate surface area is 130 Å². The molecule has 7 heteroatoms. The molecule has 0 aliphatic heterocycles. The fraction of sp³-hybridized carbons (Fsp3) is 0.231. The first-order valence-electron chi connectivity index (χ1n) is 5.99. The van der Waals surface area contributed by atoms with E-state index in [1.807, 2.05) is 0 Å². The van der Waals surface area contributed by atoms with E-state index in [0.717, 1.165) is 18.7 Å². The van der Waals surface area contributed by atoms with Crippen LogP contribution in [0, 0.1) is 5.82 Å². The van der Waals surface area contributed by atoms with E-state index in [0.29, 0.717) is 22.6 Å². The molecule has 2 aromatic rings. The lowest BCUT2D eigenvalue weighted by atomic mass is 10.3. The summed E-state index contributed by atoms with van der Waals surface area (Å²) in [6.45, 7) is 0. The number of rotatable bonds is 3. The Morgan fingerprint density at radius 1 is 1.05 bits per heavy atom. The van der Waals surface area contributed by atoms with Crippen molar-refractivity contribution in [2.75, 3.05) is 5.32 Å². The lowest BCUT2D eigenvalue weighted by Gasteiger charge is -2.09. The first-order chi connectivity index (χ1) is 9.52. The molecule has 0 amide bonds. The van der Waals surface area contributed by atoms with Crippen molar-refractivity contribution >= 4 is 46.3 Å². The largest absolute Gasteiger partial charge is 0.340 e. The molecule has 1 aromatic heterocycles. The summed E-state index contributed by atoms with van der Waals surface area (Å²) < 4.78 is 13.4. The first-order valence-corrected chi connectivity index (χ1v) is 7.12. The second-order valence-corrected chi connectivity index (χ2v) is 5.79. The van der Waals surface area contributed by atoms with E-state index in [9.17, 15) is 4.39 Å². The highest BCUT2D eigenvalue weighted by Crippen LogP contribution is 2.39. The van der Waals surface area contributed by atoms with Crippen molar-refractivity contribution in [2.45, 2.75) is 18.8 Å². The lowest BCUT2D eigenvalue weighted by molar-refractivity contribution is 0.629. The number of hydrogen-bond acceptors (Lipinski definition) is 3. The SMILES string of the molecule is Fc1c(Cl)cc(Nc2cc(Cl)nc(C3CC3)n2)cc1Cl. The molecule has 20 heavy (non-hydrogen) atoms. The summed E-state index contributed by atoms with van der Waals surface area (Å²) in [5.41, 5.74) is 0.540. The fourth-order valence-corrected chi connectivity index (χ4v) is 2.48. The smallest absolute Gasteiger partial charge is 0.160 e. The Morgan fingerprint density at radius 2 is 1.70 bits per heavy atom. The number of anilines is 2. The molecular formula is C13H9Cl3FN3. The van der Waals surface area contributed by atoms with Crippen molar-refractivity contribution in [3.05, 3.63) is 45.0 Å². The minimum atomic E-state index is -0.640. The van der Waals surface area contributed by atoms with Crippen molar-refractivity contribution in [2.24, 2.45) is 0 Å². The maximum Gasteiger partial charge on any atom is 0.160 e. The Bertz CT molecular complexity index is 651. The highest BCUT2D eigenvalue weighted by Gasteiger charge is 2.27. The van der Waals surface area contributed by atoms with E-state index in [1.165, 1.54) is 12.1 Å². The van der Waals surface area contributed by atoms with Crippen LogP contribution in [0.3, 0.4) is 0 Å². The Kier molecular flexibility index (Phi) is 3.71. The number of halogens is 4. The summed E-state index contributed by atoms with van der Waals surface area (Å²) >= 11 is 17.5. The van der Waals surface area contributed by atoms with Crippen LogP contribution in [0.5, 0.6) is 0 Å². The molecule has 0 saturated heterocycles. The van der Waals surface area contributed by atoms with Crippen LogP contribution in [0.4, 0.5) is 15.9 Å². The van der Waals surface area contributed by atoms with E-state index < -0.39 is 5.82 Å². The summed E-state index contributed by atoms with van der Waals surface area (Å²) in [7, 11) is 0. The third-order valence-corrected chi connectivity index (χ3v) is 3.65. The van der Waals surface area contributed by atoms with Crippen LogP contribution in [0.1, 0.15) is 24.6 Å². The number of benzene rings is 1. The summed E-state index contributed by atoms with van der Waals surface area (Å²) in [5.74, 6) is 0.998. The molecule has 1 heterocycles. The average molecular weight is 333 g/mol. The van der Waals surface area contributed by atoms with Gasteiger partial charge in [-0.05, 0) is 25.0 Å². The Balaban J connectivity index is 1.91. The second kappa shape index (κ2) is 5.35. The van der Waals surface area contributed by atoms with Crippen molar-refractivity contribution < 1.29 is 4.39 Å². The predicted octanol–water partition coefficient (Wildman–Crippen LogP) is 5.20. The van der Waals surface area contributed by atoms with Gasteiger partial charge >= 0.3 is 0 Å². The van der Waals surface area contributed by atoms with Crippen LogP contribution in [0.15, 0.2) is 18.2 Å². The maximum absolute atomic E-state index is 13.4. The molecule has 1 fully saturated rings. The van der Waals surface area contributed by atoms with Crippen LogP contribution >= 0.6 is 34.8 Å². The molecule has 0 spiro atoms. The number of nitrogens with one attached hydrogen (secondary N) is 1. The van der Waals surface area contributed by atoms with Gasteiger partial charge in [0.05, 0.1) is 10.0 Å². The lowest BCUT2D eigenvalue weighted by Crippen LogP contribution is -2.00. The van der Waals surface area contributed by atoms with Crippen LogP contribution in [0.25, 0.3) is 0 Å². The zero-order valence-corrected chi connectivity index (χ0v) is 12.4. The van der Waals surface area contributed by atoms with Gasteiger partial charge in [0.25, 0.3) is 0 Å². The standard InChI is InChI=1S/C13H9Cl3FN3/c14-8-3-7(4-9(15)12(8)17)18-11-5-10(16)19-13(20-11)6-1-2-6/h3-6H,1-2H2,(H,18,19,20). The number of aromatic nitrogens is 2. The molecule has 0 radical (unpaired) electrons. The van der Waals surface area contributed by atoms with Gasteiger partial charge < -0.3 is 5.32 Å². The third kappa shape index (κ3) is 2.97. The van der Waals surface area contributed by atoms with Gasteiger partial charge in [-0.3, -0.25) is 0 Å². The summed E-state index contributed by atoms with van der Waals surface area (Å²) in [4.78, 5) is 8.57. The van der Waals surface area contributed by atoms with E-state index in [1.54, 1.807) is 6.07 Å². The van der Waals surface area contributed by atoms with Crippen LogP contribution in [-0.4, -0.2) is 9.97 Å². The van der Waals surface area contributed by atoms with Crippen molar-refractivity contribution in [3.63, 3.8) is 0 Å². The number of nitrogens with zero attached hydrogens (tertiary/aromatic N) is 2. The molecule has 3 rings (SSSR count). The van der Waals surface area contributed by atoms with Gasteiger partial charge in [-0.15, -0.1) is 0 Å². The second-order valence-electron chi connectivity index (χ2n) is 4.59. The van der Waals surface area contributed by atoms with Gasteiger partial charge in [0.15, 0.2) is 5.82 Å². The van der Waals surface area contributed by atoms with Gasteiger partial charge in [0.2, 0.25) is 0 Å². The zero-order valence-electron chi connectivity index (χ0n) is 10.1. The molecule has 1 aliphatic rings. The topological polar surface area (TPSA) is 37.8 Å². The van der Waals surface area contributed by atoms with Crippen molar-refractivity contribution in [1.82, 2.24) is 9.97 Å². The minimum absolute atomic E-state index is 0.0532. The summed E-state index contributed by atoms with van der Waals surface area (Å²) in [6.07, 6.45) is 2.15. The molecule has 0 unspecified atom stereocenters. The monoisotopic (exact) mass is 331 g/mol. The minimum Gasteiger partial charge on any atom is -0.340 e. The summed E-state index contributed by atoms with van der Waals surface area (Å²) in [5, 5.41) is 3.26. The van der Waals surface area contributed by atoms with Crippen LogP contribution in [-0.2, 0) is 0 Å². The first kappa shape index (κ1) is 13.9. The van der Waals surface area contributed by atoms with E-state index in [4.69, 9.17) is 34.8 Å². The van der Waals surface area contributed by atoms with Crippen molar-refractivity contribution in [3.8, 4) is 0 Å². The Morgan fingerprint density at radius 3 is 2.30 bits per heavy atom. The molecule has 1 aromatic carbocycles. The summed E-state index contributed by atoms with van der Waals surface area (Å²) in [6, 6.07) is 4.48. The normalized spacial score (nSPS) is 14.4. The highest BCUT2D eigenvalue weighted by atomic mass is 35.5. The predicted molar refractivity (Wildman–Crippen MR) is 78.7 cm³/mol. The van der Waals surface area contributed by atoms with Gasteiger partial charge in [-0.2, -0.15) is 0 Å². The van der Waals surface area contributed by atoms with Crippen LogP contribution < -0.4 is 5.32 Å². The van der Waals surface area contributed by atoms with Gasteiger partial charge in [0, 0.05) is 17.7 Å². The fourth-order valence-electron chi connectivity index (χ4n) is 1.80. The van der Waals surface area contributed by atoms with Gasteiger partial charge in [-0.25, -0.2) is 14.4 Å². The quantitative estimate of drug-likeness (QED) is 0.620. The molecule has 1 aliphatic carbocycles. The van der Waals surface area contributed by atoms with E-state index in [2.05, 4.69) is 15.3 Å². The van der Waals surface area contributed by atoms with E-state index in [-0.39, 0.29) is 10.0 Å². The molecule has 104 valence electrons. The molecule has 1 saturated carbocycles. The van der Waals surface area contributed by atoms with Crippen LogP contribution in [0.2, 0.25) is 15.2 Å².